The Labute approximate surface area is 397 Å². The van der Waals surface area contributed by atoms with E-state index in [9.17, 15) is 34.2 Å². The first-order valence-electron chi connectivity index (χ1n) is 19.6. The fraction of sp³-hybridized carbons (Fsp3) is 0.302. The molecule has 3 aromatic carbocycles. The average molecular weight is 1080 g/mol. The number of anilines is 1. The van der Waals surface area contributed by atoms with Crippen molar-refractivity contribution in [3.05, 3.63) is 138 Å². The topological polar surface area (TPSA) is 278 Å². The number of carbonyl (C=O) groups excluding carboxylic acids is 4. The number of rotatable bonds is 2. The zero-order valence-electron chi connectivity index (χ0n) is 34.2. The number of nitrogen functional groups attached to an aromatic ring is 1. The van der Waals surface area contributed by atoms with Crippen molar-refractivity contribution in [2.75, 3.05) is 5.73 Å². The molecule has 0 unspecified atom stereocenters. The minimum Gasteiger partial charge on any atom is -0.508 e. The Balaban J connectivity index is 0.000000144. The van der Waals surface area contributed by atoms with Gasteiger partial charge in [-0.3, -0.25) is 24.2 Å². The zero-order chi connectivity index (χ0) is 44.6. The largest absolute Gasteiger partial charge is 0.508 e. The number of phenols is 1. The van der Waals surface area contributed by atoms with Crippen molar-refractivity contribution in [1.29, 1.82) is 0 Å². The number of nitrogens with two attached hydrogens (primary N) is 3. The van der Waals surface area contributed by atoms with Gasteiger partial charge in [0.1, 0.15) is 17.8 Å². The predicted octanol–water partition coefficient (Wildman–Crippen LogP) is 4.67. The molecular weight excluding hydrogens is 1040 g/mol. The van der Waals surface area contributed by atoms with Gasteiger partial charge in [0.2, 0.25) is 0 Å². The van der Waals surface area contributed by atoms with E-state index in [0.717, 1.165) is 34.3 Å². The second-order valence-corrected chi connectivity index (χ2v) is 17.5. The molecule has 0 spiro atoms. The van der Waals surface area contributed by atoms with Crippen LogP contribution in [0.2, 0.25) is 0 Å². The molecule has 4 aliphatic carbocycles. The molecule has 2 amide bonds. The number of nitrogens with zero attached hydrogens (tertiary/aromatic N) is 7. The zero-order valence-corrected chi connectivity index (χ0v) is 41.4. The van der Waals surface area contributed by atoms with Crippen molar-refractivity contribution < 1.29 is 56.7 Å². The van der Waals surface area contributed by atoms with Gasteiger partial charge in [-0.15, -0.1) is 5.10 Å². The van der Waals surface area contributed by atoms with E-state index >= 15 is 0 Å². The minimum atomic E-state index is -0.741. The van der Waals surface area contributed by atoms with Crippen LogP contribution in [-0.2, 0) is 40.8 Å². The number of phenolic OH excluding ortho intramolecular Hbond substituents is 1. The van der Waals surface area contributed by atoms with Gasteiger partial charge in [0.05, 0.1) is 29.1 Å². The number of aliphatic hydroxyl groups is 1. The first kappa shape index (κ1) is 47.2. The van der Waals surface area contributed by atoms with Gasteiger partial charge in [0.25, 0.3) is 11.8 Å². The number of primary amides is 2. The van der Waals surface area contributed by atoms with E-state index in [2.05, 4.69) is 70.1 Å². The molecule has 5 atom stereocenters. The van der Waals surface area contributed by atoms with Crippen LogP contribution in [0.4, 0.5) is 5.69 Å². The van der Waals surface area contributed by atoms with Crippen LogP contribution in [0, 0.1) is 17.3 Å². The van der Waals surface area contributed by atoms with E-state index in [4.69, 9.17) is 17.2 Å². The van der Waals surface area contributed by atoms with E-state index in [0.29, 0.717) is 48.9 Å². The number of hydrogen-bond donors (Lipinski definition) is 5. The summed E-state index contributed by atoms with van der Waals surface area (Å²) in [4.78, 5) is 68.5. The summed E-state index contributed by atoms with van der Waals surface area (Å²) in [5.74, 6) is 0.794. The number of hydrogen-bond acceptors (Lipinski definition) is 13. The molecule has 20 heteroatoms. The van der Waals surface area contributed by atoms with Crippen LogP contribution >= 0.6 is 31.9 Å². The SMILES string of the molecule is C[C@]12CC[C@@H]3c4ccc(O)cc4CC[C@H]3[C@@H]1CC[C@@H]2O.Cn1nnc2c(C(N)=O)ncn2c1=O.NC(=O)c1cnccn1.Nc1c(Br)cc(Br)c2c1C(=O)c1ccccc1C2=O.[Cd]. The first-order valence-corrected chi connectivity index (χ1v) is 21.2. The van der Waals surface area contributed by atoms with Crippen LogP contribution in [0.15, 0.2) is 87.2 Å². The molecule has 0 bridgehead atoms. The van der Waals surface area contributed by atoms with E-state index in [1.54, 1.807) is 30.3 Å². The number of imidazole rings is 1. The Morgan fingerprint density at radius 2 is 1.59 bits per heavy atom. The van der Waals surface area contributed by atoms with Crippen molar-refractivity contribution in [3.8, 4) is 5.75 Å². The van der Waals surface area contributed by atoms with Gasteiger partial charge in [-0.05, 0) is 123 Å². The molecule has 10 rings (SSSR count). The molecule has 322 valence electrons. The number of aryl methyl sites for hydroxylation is 2. The van der Waals surface area contributed by atoms with Gasteiger partial charge >= 0.3 is 5.69 Å². The van der Waals surface area contributed by atoms with Crippen molar-refractivity contribution in [1.82, 2.24) is 34.3 Å². The standard InChI is InChI=1S/C18H24O2.C14H7Br2NO2.C6H6N6O2.C5H5N3O.Cd/c1-18-9-8-14-13-5-3-12(19)10-11(13)2-4-15(14)16(18)6-7-17(18)20;15-8-5-9(16)12(17)11-10(8)13(18)6-3-1-2-4-7(6)14(11)19;1-11-6(14)12-2-8-3(4(7)13)5(12)9-10-11;6-5(9)4-3-7-1-2-8-4;/h3,5,10,14-17,19-20H,2,4,6-9H2,1H3;1-5H,17H2;2H,1H3,(H2,7,13);1-3H,(H2,6,9);/t14-,15-,16+,17+,18+;;;;/m1..../s1. The van der Waals surface area contributed by atoms with Crippen LogP contribution in [0.3, 0.4) is 0 Å². The van der Waals surface area contributed by atoms with Gasteiger partial charge in [-0.2, -0.15) is 4.68 Å². The number of halogens is 2. The van der Waals surface area contributed by atoms with Gasteiger partial charge in [0.15, 0.2) is 22.9 Å². The molecule has 3 aromatic heterocycles. The van der Waals surface area contributed by atoms with Gasteiger partial charge in [0, 0.05) is 66.8 Å². The monoisotopic (exact) mass is 1080 g/mol. The fourth-order valence-electron chi connectivity index (χ4n) is 9.26. The maximum atomic E-state index is 12.5. The fourth-order valence-corrected chi connectivity index (χ4v) is 10.6. The summed E-state index contributed by atoms with van der Waals surface area (Å²) in [5, 5.41) is 27.2. The molecule has 2 saturated carbocycles. The van der Waals surface area contributed by atoms with E-state index < -0.39 is 17.5 Å². The van der Waals surface area contributed by atoms with Crippen molar-refractivity contribution in [2.24, 2.45) is 35.8 Å². The molecule has 63 heavy (non-hydrogen) atoms. The molecule has 17 nitrogen and oxygen atoms in total. The number of aromatic hydroxyl groups is 1. The molecule has 2 fully saturated rings. The number of aliphatic hydroxyl groups excluding tert-OH is 1. The first-order chi connectivity index (χ1) is 29.5. The van der Waals surface area contributed by atoms with Crippen molar-refractivity contribution in [3.63, 3.8) is 0 Å². The Morgan fingerprint density at radius 3 is 2.22 bits per heavy atom. The maximum absolute atomic E-state index is 12.5. The summed E-state index contributed by atoms with van der Waals surface area (Å²) in [6, 6.07) is 14.4. The number of fused-ring (bicyclic) bond motifs is 8. The van der Waals surface area contributed by atoms with Crippen LogP contribution < -0.4 is 22.9 Å². The Hall–Kier alpha value is -5.26. The number of amides is 2. The maximum Gasteiger partial charge on any atom is 0.352 e. The van der Waals surface area contributed by atoms with Gasteiger partial charge in [-0.1, -0.05) is 42.5 Å². The molecule has 0 saturated heterocycles. The Bertz CT molecular complexity index is 2820. The van der Waals surface area contributed by atoms with Crippen LogP contribution in [-0.4, -0.2) is 74.0 Å². The quantitative estimate of drug-likeness (QED) is 0.116. The third-order valence-electron chi connectivity index (χ3n) is 12.3. The normalized spacial score (nSPS) is 21.2. The summed E-state index contributed by atoms with van der Waals surface area (Å²) < 4.78 is 3.29. The molecule has 6 aromatic rings. The molecule has 0 radical (unpaired) electrons. The van der Waals surface area contributed by atoms with Crippen LogP contribution in [0.25, 0.3) is 5.65 Å². The number of aromatic nitrogens is 7. The number of ketones is 2. The van der Waals surface area contributed by atoms with Crippen LogP contribution in [0.5, 0.6) is 5.75 Å². The third-order valence-corrected chi connectivity index (χ3v) is 13.6. The molecule has 8 N–H and O–H groups in total. The summed E-state index contributed by atoms with van der Waals surface area (Å²) in [5.41, 5.74) is 20.3. The Morgan fingerprint density at radius 1 is 0.889 bits per heavy atom. The molecular formula is C43H42Br2CdN10O7. The van der Waals surface area contributed by atoms with Crippen LogP contribution in [0.1, 0.15) is 109 Å². The second kappa shape index (κ2) is 19.2. The smallest absolute Gasteiger partial charge is 0.352 e. The summed E-state index contributed by atoms with van der Waals surface area (Å²) in [6.07, 6.45) is 12.2. The Kier molecular flexibility index (Phi) is 14.4. The third kappa shape index (κ3) is 9.09. The summed E-state index contributed by atoms with van der Waals surface area (Å²) in [7, 11) is 1.44. The number of carbonyl (C=O) groups is 4. The van der Waals surface area contributed by atoms with Gasteiger partial charge < -0.3 is 27.4 Å². The minimum absolute atomic E-state index is 0. The second-order valence-electron chi connectivity index (χ2n) is 15.7. The van der Waals surface area contributed by atoms with Crippen molar-refractivity contribution >= 4 is 66.6 Å². The van der Waals surface area contributed by atoms with E-state index in [-0.39, 0.29) is 73.0 Å². The average Bonchev–Trinajstić information content (AvgIpc) is 3.84. The molecule has 0 aliphatic heterocycles. The summed E-state index contributed by atoms with van der Waals surface area (Å²) >= 11 is 6.62. The predicted molar refractivity (Wildman–Crippen MR) is 233 cm³/mol. The van der Waals surface area contributed by atoms with E-state index in [1.165, 1.54) is 62.4 Å². The molecule has 4 aliphatic rings. The van der Waals surface area contributed by atoms with E-state index in [1.807, 2.05) is 12.1 Å². The molecule has 3 heterocycles. The number of benzene rings is 3. The van der Waals surface area contributed by atoms with Crippen molar-refractivity contribution in [2.45, 2.75) is 57.5 Å². The van der Waals surface area contributed by atoms with Gasteiger partial charge in [-0.25, -0.2) is 19.2 Å². The summed E-state index contributed by atoms with van der Waals surface area (Å²) in [6.45, 7) is 2.32.